The predicted octanol–water partition coefficient (Wildman–Crippen LogP) is 2.27. The van der Waals surface area contributed by atoms with Crippen LogP contribution in [-0.4, -0.2) is 57.8 Å². The standard InChI is InChI=1S/C20H30N2O4/c1-3-25-14-15-26-13-10-21-20(24)18-4-6-19(7-5-18)22-11-8-17(9-12-22)16(2)23/h4-7,17H,3,8-15H2,1-2H3,(H,21,24). The zero-order valence-electron chi connectivity index (χ0n) is 15.8. The molecule has 2 rings (SSSR count). The molecule has 0 saturated carbocycles. The fraction of sp³-hybridized carbons (Fsp3) is 0.600. The lowest BCUT2D eigenvalue weighted by Crippen LogP contribution is -2.35. The number of amides is 1. The number of carbonyl (C=O) groups is 2. The number of piperidine rings is 1. The van der Waals surface area contributed by atoms with Crippen molar-refractivity contribution in [3.8, 4) is 0 Å². The minimum Gasteiger partial charge on any atom is -0.379 e. The Balaban J connectivity index is 1.71. The number of hydrogen-bond donors (Lipinski definition) is 1. The van der Waals surface area contributed by atoms with Crippen LogP contribution in [0, 0.1) is 5.92 Å². The van der Waals surface area contributed by atoms with Crippen LogP contribution in [0.1, 0.15) is 37.0 Å². The van der Waals surface area contributed by atoms with Gasteiger partial charge >= 0.3 is 0 Å². The third kappa shape index (κ3) is 6.42. The van der Waals surface area contributed by atoms with Crippen LogP contribution in [0.4, 0.5) is 5.69 Å². The second kappa shape index (κ2) is 10.9. The quantitative estimate of drug-likeness (QED) is 0.647. The number of ketones is 1. The molecule has 0 aliphatic carbocycles. The number of benzene rings is 1. The Morgan fingerprint density at radius 1 is 1.08 bits per heavy atom. The Bertz CT molecular complexity index is 566. The topological polar surface area (TPSA) is 67.9 Å². The summed E-state index contributed by atoms with van der Waals surface area (Å²) in [7, 11) is 0. The Morgan fingerprint density at radius 2 is 1.73 bits per heavy atom. The second-order valence-corrected chi connectivity index (χ2v) is 6.48. The molecule has 1 heterocycles. The summed E-state index contributed by atoms with van der Waals surface area (Å²) in [6.45, 7) is 8.15. The van der Waals surface area contributed by atoms with Gasteiger partial charge in [-0.15, -0.1) is 0 Å². The monoisotopic (exact) mass is 362 g/mol. The van der Waals surface area contributed by atoms with Gasteiger partial charge in [-0.3, -0.25) is 9.59 Å². The van der Waals surface area contributed by atoms with E-state index >= 15 is 0 Å². The molecule has 0 radical (unpaired) electrons. The van der Waals surface area contributed by atoms with E-state index in [1.165, 1.54) is 0 Å². The molecule has 1 saturated heterocycles. The van der Waals surface area contributed by atoms with Crippen molar-refractivity contribution in [1.82, 2.24) is 5.32 Å². The molecule has 1 amide bonds. The molecular formula is C20H30N2O4. The van der Waals surface area contributed by atoms with E-state index in [1.54, 1.807) is 6.92 Å². The fourth-order valence-electron chi connectivity index (χ4n) is 3.07. The molecule has 6 heteroatoms. The molecule has 0 aromatic heterocycles. The zero-order valence-corrected chi connectivity index (χ0v) is 15.8. The number of carbonyl (C=O) groups excluding carboxylic acids is 2. The summed E-state index contributed by atoms with van der Waals surface area (Å²) < 4.78 is 10.6. The van der Waals surface area contributed by atoms with Gasteiger partial charge in [0.2, 0.25) is 0 Å². The van der Waals surface area contributed by atoms with Crippen LogP contribution in [0.5, 0.6) is 0 Å². The Labute approximate surface area is 155 Å². The van der Waals surface area contributed by atoms with Crippen molar-refractivity contribution in [1.29, 1.82) is 0 Å². The summed E-state index contributed by atoms with van der Waals surface area (Å²) in [5, 5.41) is 2.85. The molecule has 26 heavy (non-hydrogen) atoms. The number of nitrogens with zero attached hydrogens (tertiary/aromatic N) is 1. The van der Waals surface area contributed by atoms with E-state index in [0.29, 0.717) is 44.3 Å². The summed E-state index contributed by atoms with van der Waals surface area (Å²) in [6.07, 6.45) is 1.81. The number of ether oxygens (including phenoxy) is 2. The molecule has 1 aromatic carbocycles. The van der Waals surface area contributed by atoms with Gasteiger partial charge in [0.15, 0.2) is 0 Å². The lowest BCUT2D eigenvalue weighted by atomic mass is 9.93. The van der Waals surface area contributed by atoms with Crippen LogP contribution in [0.25, 0.3) is 0 Å². The fourth-order valence-corrected chi connectivity index (χ4v) is 3.07. The number of Topliss-reactive ketones (excluding diaryl/α,β-unsaturated/α-hetero) is 1. The lowest BCUT2D eigenvalue weighted by Gasteiger charge is -2.32. The van der Waals surface area contributed by atoms with E-state index < -0.39 is 0 Å². The first-order valence-electron chi connectivity index (χ1n) is 9.41. The summed E-state index contributed by atoms with van der Waals surface area (Å²) in [4.78, 5) is 25.9. The number of nitrogens with one attached hydrogen (secondary N) is 1. The predicted molar refractivity (Wildman–Crippen MR) is 102 cm³/mol. The molecule has 1 aliphatic rings. The van der Waals surface area contributed by atoms with Gasteiger partial charge in [-0.25, -0.2) is 0 Å². The van der Waals surface area contributed by atoms with Crippen LogP contribution in [0.3, 0.4) is 0 Å². The highest BCUT2D eigenvalue weighted by Gasteiger charge is 2.22. The highest BCUT2D eigenvalue weighted by molar-refractivity contribution is 5.94. The van der Waals surface area contributed by atoms with Gasteiger partial charge in [-0.05, 0) is 51.0 Å². The molecule has 1 aromatic rings. The minimum absolute atomic E-state index is 0.0970. The van der Waals surface area contributed by atoms with Crippen LogP contribution in [-0.2, 0) is 14.3 Å². The lowest BCUT2D eigenvalue weighted by molar-refractivity contribution is -0.121. The van der Waals surface area contributed by atoms with Gasteiger partial charge < -0.3 is 19.7 Å². The molecular weight excluding hydrogens is 332 g/mol. The van der Waals surface area contributed by atoms with Gasteiger partial charge in [0.1, 0.15) is 5.78 Å². The summed E-state index contributed by atoms with van der Waals surface area (Å²) in [6, 6.07) is 7.64. The van der Waals surface area contributed by atoms with Crippen molar-refractivity contribution in [2.45, 2.75) is 26.7 Å². The first kappa shape index (κ1) is 20.4. The molecule has 144 valence electrons. The summed E-state index contributed by atoms with van der Waals surface area (Å²) in [5.41, 5.74) is 1.74. The Morgan fingerprint density at radius 3 is 2.35 bits per heavy atom. The third-order valence-electron chi connectivity index (χ3n) is 4.67. The largest absolute Gasteiger partial charge is 0.379 e. The smallest absolute Gasteiger partial charge is 0.251 e. The van der Waals surface area contributed by atoms with Crippen molar-refractivity contribution in [2.75, 3.05) is 51.0 Å². The molecule has 1 fully saturated rings. The van der Waals surface area contributed by atoms with E-state index in [0.717, 1.165) is 31.6 Å². The maximum Gasteiger partial charge on any atom is 0.251 e. The molecule has 0 bridgehead atoms. The number of anilines is 1. The van der Waals surface area contributed by atoms with E-state index in [-0.39, 0.29) is 11.8 Å². The van der Waals surface area contributed by atoms with Crippen LogP contribution >= 0.6 is 0 Å². The molecule has 1 N–H and O–H groups in total. The van der Waals surface area contributed by atoms with E-state index in [9.17, 15) is 9.59 Å². The number of rotatable bonds is 10. The second-order valence-electron chi connectivity index (χ2n) is 6.48. The minimum atomic E-state index is -0.0970. The summed E-state index contributed by atoms with van der Waals surface area (Å²) in [5.74, 6) is 0.394. The maximum absolute atomic E-state index is 12.1. The van der Waals surface area contributed by atoms with Gasteiger partial charge in [-0.1, -0.05) is 0 Å². The van der Waals surface area contributed by atoms with E-state index in [2.05, 4.69) is 10.2 Å². The maximum atomic E-state index is 12.1. The van der Waals surface area contributed by atoms with Crippen molar-refractivity contribution >= 4 is 17.4 Å². The van der Waals surface area contributed by atoms with Gasteiger partial charge in [0.25, 0.3) is 5.91 Å². The Hall–Kier alpha value is -1.92. The number of hydrogen-bond acceptors (Lipinski definition) is 5. The zero-order chi connectivity index (χ0) is 18.8. The van der Waals surface area contributed by atoms with Crippen LogP contribution in [0.2, 0.25) is 0 Å². The van der Waals surface area contributed by atoms with Gasteiger partial charge in [0, 0.05) is 43.4 Å². The van der Waals surface area contributed by atoms with E-state index in [4.69, 9.17) is 9.47 Å². The third-order valence-corrected chi connectivity index (χ3v) is 4.67. The molecule has 0 spiro atoms. The normalized spacial score (nSPS) is 15.1. The molecule has 6 nitrogen and oxygen atoms in total. The van der Waals surface area contributed by atoms with Crippen molar-refractivity contribution < 1.29 is 19.1 Å². The van der Waals surface area contributed by atoms with Crippen LogP contribution < -0.4 is 10.2 Å². The average Bonchev–Trinajstić information content (AvgIpc) is 2.67. The van der Waals surface area contributed by atoms with Crippen LogP contribution in [0.15, 0.2) is 24.3 Å². The van der Waals surface area contributed by atoms with Crippen molar-refractivity contribution in [3.63, 3.8) is 0 Å². The highest BCUT2D eigenvalue weighted by atomic mass is 16.5. The SMILES string of the molecule is CCOCCOCCNC(=O)c1ccc(N2CCC(C(C)=O)CC2)cc1. The molecule has 1 aliphatic heterocycles. The molecule has 0 unspecified atom stereocenters. The van der Waals surface area contributed by atoms with Gasteiger partial charge in [0.05, 0.1) is 19.8 Å². The highest BCUT2D eigenvalue weighted by Crippen LogP contribution is 2.24. The Kier molecular flexibility index (Phi) is 8.58. The first-order valence-corrected chi connectivity index (χ1v) is 9.41. The summed E-state index contributed by atoms with van der Waals surface area (Å²) >= 11 is 0. The average molecular weight is 362 g/mol. The molecule has 0 atom stereocenters. The first-order chi connectivity index (χ1) is 12.6. The van der Waals surface area contributed by atoms with Crippen molar-refractivity contribution in [3.05, 3.63) is 29.8 Å². The van der Waals surface area contributed by atoms with Crippen molar-refractivity contribution in [2.24, 2.45) is 5.92 Å². The van der Waals surface area contributed by atoms with Gasteiger partial charge in [-0.2, -0.15) is 0 Å². The van der Waals surface area contributed by atoms with E-state index in [1.807, 2.05) is 31.2 Å².